The number of nitrogens with one attached hydrogen (secondary N) is 2. The lowest BCUT2D eigenvalue weighted by Crippen LogP contribution is -2.51. The molecule has 2 rings (SSSR count). The van der Waals surface area contributed by atoms with E-state index >= 15 is 0 Å². The molecule has 0 radical (unpaired) electrons. The fraction of sp³-hybridized carbons (Fsp3) is 0.571. The summed E-state index contributed by atoms with van der Waals surface area (Å²) in [5.74, 6) is 0.566. The Hall–Kier alpha value is -1.42. The van der Waals surface area contributed by atoms with Crippen LogP contribution in [0.25, 0.3) is 0 Å². The van der Waals surface area contributed by atoms with Crippen LogP contribution < -0.4 is 10.6 Å². The van der Waals surface area contributed by atoms with Gasteiger partial charge in [-0.2, -0.15) is 0 Å². The van der Waals surface area contributed by atoms with Gasteiger partial charge in [-0.3, -0.25) is 9.78 Å². The molecule has 1 saturated heterocycles. The van der Waals surface area contributed by atoms with Gasteiger partial charge in [0.05, 0.1) is 6.04 Å². The Labute approximate surface area is 108 Å². The highest BCUT2D eigenvalue weighted by Gasteiger charge is 2.26. The third-order valence-electron chi connectivity index (χ3n) is 3.51. The van der Waals surface area contributed by atoms with E-state index < -0.39 is 0 Å². The lowest BCUT2D eigenvalue weighted by atomic mass is 9.92. The second-order valence-corrected chi connectivity index (χ2v) is 4.95. The molecule has 2 N–H and O–H groups in total. The first-order valence-corrected chi connectivity index (χ1v) is 6.67. The van der Waals surface area contributed by atoms with Gasteiger partial charge in [0.15, 0.2) is 0 Å². The van der Waals surface area contributed by atoms with E-state index in [4.69, 9.17) is 0 Å². The monoisotopic (exact) mass is 247 g/mol. The van der Waals surface area contributed by atoms with Crippen LogP contribution in [0.15, 0.2) is 24.5 Å². The van der Waals surface area contributed by atoms with Gasteiger partial charge in [-0.25, -0.2) is 0 Å². The van der Waals surface area contributed by atoms with Crippen molar-refractivity contribution in [2.24, 2.45) is 5.92 Å². The van der Waals surface area contributed by atoms with Crippen molar-refractivity contribution in [1.82, 2.24) is 15.6 Å². The summed E-state index contributed by atoms with van der Waals surface area (Å²) in [6, 6.07) is 3.94. The van der Waals surface area contributed by atoms with Gasteiger partial charge in [-0.1, -0.05) is 6.92 Å². The summed E-state index contributed by atoms with van der Waals surface area (Å²) in [5, 5.41) is 6.30. The predicted molar refractivity (Wildman–Crippen MR) is 71.1 cm³/mol. The van der Waals surface area contributed by atoms with Crippen molar-refractivity contribution in [3.8, 4) is 0 Å². The molecule has 98 valence electrons. The highest BCUT2D eigenvalue weighted by atomic mass is 16.2. The number of carbonyl (C=O) groups excluding carboxylic acids is 1. The maximum absolute atomic E-state index is 12.0. The minimum Gasteiger partial charge on any atom is -0.354 e. The SMILES string of the molecule is CC1CCCNC1C(=O)NCCc1ccncc1. The van der Waals surface area contributed by atoms with E-state index in [-0.39, 0.29) is 11.9 Å². The minimum atomic E-state index is -0.0174. The molecule has 2 heterocycles. The lowest BCUT2D eigenvalue weighted by molar-refractivity contribution is -0.124. The number of hydrogen-bond donors (Lipinski definition) is 2. The molecule has 2 unspecified atom stereocenters. The van der Waals surface area contributed by atoms with Gasteiger partial charge in [0, 0.05) is 18.9 Å². The fourth-order valence-corrected chi connectivity index (χ4v) is 2.39. The van der Waals surface area contributed by atoms with E-state index in [1.54, 1.807) is 12.4 Å². The number of hydrogen-bond acceptors (Lipinski definition) is 3. The first-order chi connectivity index (χ1) is 8.77. The molecule has 4 heteroatoms. The van der Waals surface area contributed by atoms with Crippen molar-refractivity contribution < 1.29 is 4.79 Å². The quantitative estimate of drug-likeness (QED) is 0.838. The first-order valence-electron chi connectivity index (χ1n) is 6.67. The maximum atomic E-state index is 12.0. The minimum absolute atomic E-state index is 0.0174. The summed E-state index contributed by atoms with van der Waals surface area (Å²) < 4.78 is 0. The number of carbonyl (C=O) groups is 1. The third kappa shape index (κ3) is 3.53. The van der Waals surface area contributed by atoms with Crippen molar-refractivity contribution in [2.75, 3.05) is 13.1 Å². The predicted octanol–water partition coefficient (Wildman–Crippen LogP) is 1.13. The molecule has 1 amide bonds. The zero-order valence-corrected chi connectivity index (χ0v) is 10.9. The Kier molecular flexibility index (Phi) is 4.70. The Morgan fingerprint density at radius 3 is 3.00 bits per heavy atom. The highest BCUT2D eigenvalue weighted by Crippen LogP contribution is 2.15. The van der Waals surface area contributed by atoms with E-state index in [2.05, 4.69) is 22.5 Å². The normalized spacial score (nSPS) is 23.6. The molecule has 2 atom stereocenters. The number of piperidine rings is 1. The van der Waals surface area contributed by atoms with Crippen molar-refractivity contribution in [3.05, 3.63) is 30.1 Å². The van der Waals surface area contributed by atoms with Gasteiger partial charge < -0.3 is 10.6 Å². The van der Waals surface area contributed by atoms with Crippen LogP contribution in [0.2, 0.25) is 0 Å². The maximum Gasteiger partial charge on any atom is 0.237 e. The Bertz CT molecular complexity index is 380. The number of amides is 1. The van der Waals surface area contributed by atoms with Crippen molar-refractivity contribution in [3.63, 3.8) is 0 Å². The smallest absolute Gasteiger partial charge is 0.237 e. The molecule has 1 aliphatic rings. The van der Waals surface area contributed by atoms with Crippen LogP contribution in [0, 0.1) is 5.92 Å². The molecule has 1 aromatic rings. The molecule has 0 bridgehead atoms. The van der Waals surface area contributed by atoms with Crippen LogP contribution >= 0.6 is 0 Å². The fourth-order valence-electron chi connectivity index (χ4n) is 2.39. The van der Waals surface area contributed by atoms with Crippen LogP contribution in [-0.4, -0.2) is 30.0 Å². The van der Waals surface area contributed by atoms with E-state index in [1.807, 2.05) is 12.1 Å². The number of aromatic nitrogens is 1. The molecular weight excluding hydrogens is 226 g/mol. The molecule has 0 spiro atoms. The summed E-state index contributed by atoms with van der Waals surface area (Å²) >= 11 is 0. The van der Waals surface area contributed by atoms with E-state index in [9.17, 15) is 4.79 Å². The molecule has 1 fully saturated rings. The lowest BCUT2D eigenvalue weighted by Gasteiger charge is -2.28. The Balaban J connectivity index is 1.74. The van der Waals surface area contributed by atoms with Crippen molar-refractivity contribution >= 4 is 5.91 Å². The molecule has 0 saturated carbocycles. The number of pyridine rings is 1. The standard InChI is InChI=1S/C14H21N3O/c1-11-3-2-7-16-13(11)14(18)17-10-6-12-4-8-15-9-5-12/h4-5,8-9,11,13,16H,2-3,6-7,10H2,1H3,(H,17,18). The molecule has 4 nitrogen and oxygen atoms in total. The average molecular weight is 247 g/mol. The number of nitrogens with zero attached hydrogens (tertiary/aromatic N) is 1. The Morgan fingerprint density at radius 2 is 2.28 bits per heavy atom. The van der Waals surface area contributed by atoms with E-state index in [0.717, 1.165) is 19.4 Å². The van der Waals surface area contributed by atoms with Crippen LogP contribution in [0.3, 0.4) is 0 Å². The molecule has 1 aromatic heterocycles. The summed E-state index contributed by atoms with van der Waals surface area (Å²) in [7, 11) is 0. The first kappa shape index (κ1) is 13.0. The average Bonchev–Trinajstić information content (AvgIpc) is 2.40. The van der Waals surface area contributed by atoms with Gasteiger partial charge in [-0.15, -0.1) is 0 Å². The van der Waals surface area contributed by atoms with E-state index in [1.165, 1.54) is 12.0 Å². The zero-order chi connectivity index (χ0) is 12.8. The van der Waals surface area contributed by atoms with Crippen LogP contribution in [-0.2, 0) is 11.2 Å². The number of rotatable bonds is 4. The van der Waals surface area contributed by atoms with Gasteiger partial charge >= 0.3 is 0 Å². The topological polar surface area (TPSA) is 54.0 Å². The van der Waals surface area contributed by atoms with Crippen LogP contribution in [0.5, 0.6) is 0 Å². The van der Waals surface area contributed by atoms with Gasteiger partial charge in [-0.05, 0) is 49.4 Å². The van der Waals surface area contributed by atoms with Crippen LogP contribution in [0.4, 0.5) is 0 Å². The molecule has 18 heavy (non-hydrogen) atoms. The van der Waals surface area contributed by atoms with Gasteiger partial charge in [0.2, 0.25) is 5.91 Å². The largest absolute Gasteiger partial charge is 0.354 e. The zero-order valence-electron chi connectivity index (χ0n) is 10.9. The third-order valence-corrected chi connectivity index (χ3v) is 3.51. The van der Waals surface area contributed by atoms with Crippen molar-refractivity contribution in [2.45, 2.75) is 32.2 Å². The molecule has 0 aliphatic carbocycles. The Morgan fingerprint density at radius 1 is 1.50 bits per heavy atom. The molecular formula is C14H21N3O. The molecule has 1 aliphatic heterocycles. The highest BCUT2D eigenvalue weighted by molar-refractivity contribution is 5.82. The summed E-state index contributed by atoms with van der Waals surface area (Å²) in [4.78, 5) is 16.0. The van der Waals surface area contributed by atoms with Crippen molar-refractivity contribution in [1.29, 1.82) is 0 Å². The van der Waals surface area contributed by atoms with E-state index in [0.29, 0.717) is 12.5 Å². The van der Waals surface area contributed by atoms with Gasteiger partial charge in [0.25, 0.3) is 0 Å². The summed E-state index contributed by atoms with van der Waals surface area (Å²) in [6.45, 7) is 3.78. The van der Waals surface area contributed by atoms with Crippen LogP contribution in [0.1, 0.15) is 25.3 Å². The molecule has 0 aromatic carbocycles. The second-order valence-electron chi connectivity index (χ2n) is 4.95. The second kappa shape index (κ2) is 6.50. The summed E-state index contributed by atoms with van der Waals surface area (Å²) in [6.07, 6.45) is 6.72. The van der Waals surface area contributed by atoms with Gasteiger partial charge in [0.1, 0.15) is 0 Å². The summed E-state index contributed by atoms with van der Waals surface area (Å²) in [5.41, 5.74) is 1.20.